The van der Waals surface area contributed by atoms with Gasteiger partial charge in [-0.15, -0.1) is 0 Å². The predicted octanol–water partition coefficient (Wildman–Crippen LogP) is 1.69. The molecule has 1 aliphatic rings. The summed E-state index contributed by atoms with van der Waals surface area (Å²) in [5, 5.41) is 0. The van der Waals surface area contributed by atoms with Crippen molar-refractivity contribution in [3.63, 3.8) is 0 Å². The molecule has 3 rings (SSSR count). The molecule has 0 spiro atoms. The van der Waals surface area contributed by atoms with Crippen LogP contribution in [0.3, 0.4) is 0 Å². The Hall–Kier alpha value is -2.76. The Labute approximate surface area is 127 Å². The minimum Gasteiger partial charge on any atom is -0.473 e. The molecule has 0 radical (unpaired) electrons. The van der Waals surface area contributed by atoms with Crippen molar-refractivity contribution in [1.29, 1.82) is 0 Å². The van der Waals surface area contributed by atoms with E-state index in [0.717, 1.165) is 5.56 Å². The van der Waals surface area contributed by atoms with E-state index in [9.17, 15) is 4.79 Å². The van der Waals surface area contributed by atoms with Crippen molar-refractivity contribution in [2.24, 2.45) is 9.98 Å². The second kappa shape index (κ2) is 5.93. The van der Waals surface area contributed by atoms with Crippen LogP contribution in [0.25, 0.3) is 0 Å². The smallest absolute Gasteiger partial charge is 0.257 e. The molecule has 0 saturated carbocycles. The monoisotopic (exact) mass is 296 g/mol. The molecule has 1 aromatic carbocycles. The van der Waals surface area contributed by atoms with Crippen LogP contribution in [0.5, 0.6) is 5.88 Å². The average molecular weight is 296 g/mol. The fourth-order valence-corrected chi connectivity index (χ4v) is 2.16. The summed E-state index contributed by atoms with van der Waals surface area (Å²) >= 11 is 0. The molecule has 0 amide bonds. The van der Waals surface area contributed by atoms with Crippen LogP contribution in [0, 0.1) is 0 Å². The molecule has 22 heavy (non-hydrogen) atoms. The molecule has 6 heteroatoms. The van der Waals surface area contributed by atoms with Crippen LogP contribution in [0.1, 0.15) is 12.5 Å². The molecule has 1 atom stereocenters. The first-order valence-corrected chi connectivity index (χ1v) is 6.96. The van der Waals surface area contributed by atoms with E-state index >= 15 is 0 Å². The topological polar surface area (TPSA) is 68.8 Å². The average Bonchev–Trinajstić information content (AvgIpc) is 2.95. The van der Waals surface area contributed by atoms with Crippen molar-refractivity contribution in [2.45, 2.75) is 25.6 Å². The van der Waals surface area contributed by atoms with Crippen LogP contribution >= 0.6 is 0 Å². The molecule has 1 aliphatic heterocycles. The summed E-state index contributed by atoms with van der Waals surface area (Å²) in [5.41, 5.74) is 0.366. The summed E-state index contributed by atoms with van der Waals surface area (Å²) in [6, 6.07) is 11.1. The standard InChI is InChI=1S/C16H16N4O2/c1-16(9-17-11-19-16)10-20-12-18-14(7-15(20)21)22-8-13-5-3-2-4-6-13/h2-7,9,11-12H,8,10H2,1H3. The summed E-state index contributed by atoms with van der Waals surface area (Å²) in [6.07, 6.45) is 4.70. The van der Waals surface area contributed by atoms with Gasteiger partial charge in [-0.05, 0) is 12.5 Å². The maximum atomic E-state index is 12.1. The van der Waals surface area contributed by atoms with Gasteiger partial charge in [0.1, 0.15) is 24.8 Å². The van der Waals surface area contributed by atoms with Gasteiger partial charge in [-0.25, -0.2) is 9.98 Å². The van der Waals surface area contributed by atoms with Crippen LogP contribution in [-0.4, -0.2) is 27.6 Å². The Kier molecular flexibility index (Phi) is 3.82. The van der Waals surface area contributed by atoms with Crippen molar-refractivity contribution >= 4 is 12.6 Å². The first-order valence-electron chi connectivity index (χ1n) is 6.96. The molecule has 0 N–H and O–H groups in total. The highest BCUT2D eigenvalue weighted by molar-refractivity contribution is 5.85. The zero-order valence-corrected chi connectivity index (χ0v) is 12.2. The molecule has 0 fully saturated rings. The fraction of sp³-hybridized carbons (Fsp3) is 0.250. The number of hydrogen-bond donors (Lipinski definition) is 0. The van der Waals surface area contributed by atoms with Crippen LogP contribution in [0.15, 0.2) is 57.5 Å². The lowest BCUT2D eigenvalue weighted by atomic mass is 10.1. The van der Waals surface area contributed by atoms with Crippen LogP contribution in [0.2, 0.25) is 0 Å². The highest BCUT2D eigenvalue weighted by Gasteiger charge is 2.24. The molecule has 112 valence electrons. The third-order valence-electron chi connectivity index (χ3n) is 3.35. The van der Waals surface area contributed by atoms with Gasteiger partial charge in [-0.3, -0.25) is 14.4 Å². The third-order valence-corrected chi connectivity index (χ3v) is 3.35. The van der Waals surface area contributed by atoms with Gasteiger partial charge >= 0.3 is 0 Å². The summed E-state index contributed by atoms with van der Waals surface area (Å²) in [7, 11) is 0. The Morgan fingerprint density at radius 2 is 2.09 bits per heavy atom. The Balaban J connectivity index is 1.68. The van der Waals surface area contributed by atoms with Crippen molar-refractivity contribution in [1.82, 2.24) is 9.55 Å². The summed E-state index contributed by atoms with van der Waals surface area (Å²) < 4.78 is 7.05. The second-order valence-corrected chi connectivity index (χ2v) is 5.35. The van der Waals surface area contributed by atoms with Gasteiger partial charge in [0.15, 0.2) is 0 Å². The maximum Gasteiger partial charge on any atom is 0.257 e. The number of ether oxygens (including phenoxy) is 1. The lowest BCUT2D eigenvalue weighted by Gasteiger charge is -2.18. The minimum atomic E-state index is -0.488. The number of aliphatic imine (C=N–C) groups is 2. The van der Waals surface area contributed by atoms with Gasteiger partial charge in [0.25, 0.3) is 5.56 Å². The second-order valence-electron chi connectivity index (χ2n) is 5.35. The van der Waals surface area contributed by atoms with Crippen LogP contribution in [0.4, 0.5) is 0 Å². The maximum absolute atomic E-state index is 12.1. The Morgan fingerprint density at radius 1 is 1.27 bits per heavy atom. The van der Waals surface area contributed by atoms with E-state index in [4.69, 9.17) is 4.74 Å². The van der Waals surface area contributed by atoms with E-state index in [-0.39, 0.29) is 5.56 Å². The number of benzene rings is 1. The van der Waals surface area contributed by atoms with Crippen LogP contribution in [-0.2, 0) is 13.2 Å². The van der Waals surface area contributed by atoms with Gasteiger partial charge < -0.3 is 4.74 Å². The van der Waals surface area contributed by atoms with E-state index in [1.165, 1.54) is 23.3 Å². The van der Waals surface area contributed by atoms with Crippen LogP contribution < -0.4 is 10.3 Å². The first-order chi connectivity index (χ1) is 10.6. The molecule has 2 heterocycles. The SMILES string of the molecule is CC1(Cn2cnc(OCc3ccccc3)cc2=O)C=NC=N1. The van der Waals surface area contributed by atoms with Gasteiger partial charge in [0.05, 0.1) is 12.6 Å². The number of aromatic nitrogens is 2. The number of rotatable bonds is 5. The fourth-order valence-electron chi connectivity index (χ4n) is 2.16. The lowest BCUT2D eigenvalue weighted by Crippen LogP contribution is -2.34. The predicted molar refractivity (Wildman–Crippen MR) is 84.7 cm³/mol. The zero-order chi connectivity index (χ0) is 15.4. The molecule has 0 bridgehead atoms. The van der Waals surface area contributed by atoms with E-state index in [0.29, 0.717) is 19.0 Å². The van der Waals surface area contributed by atoms with Crippen molar-refractivity contribution in [3.05, 3.63) is 58.6 Å². The normalized spacial score (nSPS) is 19.5. The highest BCUT2D eigenvalue weighted by Crippen LogP contribution is 2.13. The number of hydrogen-bond acceptors (Lipinski definition) is 5. The van der Waals surface area contributed by atoms with Gasteiger partial charge in [0, 0.05) is 6.21 Å². The molecule has 1 unspecified atom stereocenters. The first kappa shape index (κ1) is 14.2. The van der Waals surface area contributed by atoms with Gasteiger partial charge in [-0.1, -0.05) is 30.3 Å². The van der Waals surface area contributed by atoms with Gasteiger partial charge in [-0.2, -0.15) is 0 Å². The molecule has 0 aliphatic carbocycles. The molecular weight excluding hydrogens is 280 g/mol. The van der Waals surface area contributed by atoms with E-state index in [1.54, 1.807) is 6.21 Å². The zero-order valence-electron chi connectivity index (χ0n) is 12.2. The molecular formula is C16H16N4O2. The molecule has 0 saturated heterocycles. The summed E-state index contributed by atoms with van der Waals surface area (Å²) in [6.45, 7) is 2.69. The summed E-state index contributed by atoms with van der Waals surface area (Å²) in [4.78, 5) is 24.5. The Morgan fingerprint density at radius 3 is 2.77 bits per heavy atom. The van der Waals surface area contributed by atoms with E-state index < -0.39 is 5.54 Å². The highest BCUT2D eigenvalue weighted by atomic mass is 16.5. The molecule has 2 aromatic rings. The summed E-state index contributed by atoms with van der Waals surface area (Å²) in [5.74, 6) is 0.318. The minimum absolute atomic E-state index is 0.171. The van der Waals surface area contributed by atoms with Crippen molar-refractivity contribution < 1.29 is 4.74 Å². The third kappa shape index (κ3) is 3.28. The number of nitrogens with zero attached hydrogens (tertiary/aromatic N) is 4. The quantitative estimate of drug-likeness (QED) is 0.843. The molecule has 1 aromatic heterocycles. The van der Waals surface area contributed by atoms with Crippen molar-refractivity contribution in [2.75, 3.05) is 0 Å². The molecule has 6 nitrogen and oxygen atoms in total. The lowest BCUT2D eigenvalue weighted by molar-refractivity contribution is 0.291. The largest absolute Gasteiger partial charge is 0.473 e. The van der Waals surface area contributed by atoms with Gasteiger partial charge in [0.2, 0.25) is 5.88 Å². The van der Waals surface area contributed by atoms with E-state index in [1.807, 2.05) is 37.3 Å². The van der Waals surface area contributed by atoms with Crippen molar-refractivity contribution in [3.8, 4) is 5.88 Å². The Bertz CT molecular complexity index is 753. The van der Waals surface area contributed by atoms with E-state index in [2.05, 4.69) is 15.0 Å².